The Kier molecular flexibility index (Phi) is 9.87. The van der Waals surface area contributed by atoms with Crippen molar-refractivity contribution in [1.29, 1.82) is 0 Å². The fourth-order valence-corrected chi connectivity index (χ4v) is 3.68. The van der Waals surface area contributed by atoms with E-state index < -0.39 is 30.0 Å². The van der Waals surface area contributed by atoms with Crippen LogP contribution in [0.25, 0.3) is 0 Å². The molecule has 0 spiro atoms. The van der Waals surface area contributed by atoms with Crippen molar-refractivity contribution in [1.82, 2.24) is 10.6 Å². The van der Waals surface area contributed by atoms with Crippen molar-refractivity contribution in [2.24, 2.45) is 5.73 Å². The molecule has 0 unspecified atom stereocenters. The standard InChI is InChI=1S/C28H31N3O4/c29-26(32)24(18-10-17-21-11-4-1-5-12-21)30-27(33)25(19-22-13-6-2-7-14-22)31-28(34)35-20-23-15-8-3-9-16-23/h1-9,11-16,24-25H,10,17-20H2,(H2,29,32)(H,30,33)(H,31,34)/t24-,25-/m1/s1. The van der Waals surface area contributed by atoms with E-state index in [4.69, 9.17) is 10.5 Å². The molecule has 3 amide bonds. The lowest BCUT2D eigenvalue weighted by Gasteiger charge is -2.22. The second kappa shape index (κ2) is 13.5. The number of hydrogen-bond acceptors (Lipinski definition) is 4. The predicted molar refractivity (Wildman–Crippen MR) is 134 cm³/mol. The molecule has 0 aromatic heterocycles. The van der Waals surface area contributed by atoms with Crippen LogP contribution in [0, 0.1) is 0 Å². The van der Waals surface area contributed by atoms with E-state index in [2.05, 4.69) is 10.6 Å². The molecule has 7 nitrogen and oxygen atoms in total. The molecule has 0 saturated carbocycles. The number of amides is 3. The molecule has 35 heavy (non-hydrogen) atoms. The summed E-state index contributed by atoms with van der Waals surface area (Å²) in [7, 11) is 0. The van der Waals surface area contributed by atoms with E-state index >= 15 is 0 Å². The van der Waals surface area contributed by atoms with E-state index in [-0.39, 0.29) is 13.0 Å². The summed E-state index contributed by atoms with van der Waals surface area (Å²) in [4.78, 5) is 37.6. The predicted octanol–water partition coefficient (Wildman–Crippen LogP) is 3.52. The third-order valence-corrected chi connectivity index (χ3v) is 5.56. The highest BCUT2D eigenvalue weighted by Gasteiger charge is 2.26. The summed E-state index contributed by atoms with van der Waals surface area (Å²) in [5.41, 5.74) is 8.40. The van der Waals surface area contributed by atoms with Crippen LogP contribution >= 0.6 is 0 Å². The highest BCUT2D eigenvalue weighted by Crippen LogP contribution is 2.09. The minimum Gasteiger partial charge on any atom is -0.445 e. The van der Waals surface area contributed by atoms with Crippen LogP contribution in [0.15, 0.2) is 91.0 Å². The van der Waals surface area contributed by atoms with Crippen molar-refractivity contribution in [2.45, 2.75) is 44.4 Å². The van der Waals surface area contributed by atoms with Gasteiger partial charge in [0.25, 0.3) is 0 Å². The van der Waals surface area contributed by atoms with Crippen LogP contribution in [-0.2, 0) is 33.8 Å². The van der Waals surface area contributed by atoms with Gasteiger partial charge in [0.05, 0.1) is 0 Å². The number of alkyl carbamates (subject to hydrolysis) is 1. The molecule has 2 atom stereocenters. The Labute approximate surface area is 205 Å². The van der Waals surface area contributed by atoms with Crippen LogP contribution in [-0.4, -0.2) is 30.0 Å². The Morgan fingerprint density at radius 2 is 1.26 bits per heavy atom. The van der Waals surface area contributed by atoms with Gasteiger partial charge in [0.2, 0.25) is 11.8 Å². The quantitative estimate of drug-likeness (QED) is 0.374. The van der Waals surface area contributed by atoms with E-state index in [1.807, 2.05) is 91.0 Å². The van der Waals surface area contributed by atoms with Gasteiger partial charge in [0.1, 0.15) is 18.7 Å². The number of ether oxygens (including phenoxy) is 1. The van der Waals surface area contributed by atoms with Gasteiger partial charge in [-0.1, -0.05) is 91.0 Å². The minimum atomic E-state index is -0.934. The van der Waals surface area contributed by atoms with Gasteiger partial charge >= 0.3 is 6.09 Å². The van der Waals surface area contributed by atoms with Crippen molar-refractivity contribution in [2.75, 3.05) is 0 Å². The third-order valence-electron chi connectivity index (χ3n) is 5.56. The summed E-state index contributed by atoms with van der Waals surface area (Å²) in [6.45, 7) is 0.0791. The monoisotopic (exact) mass is 473 g/mol. The molecule has 3 aromatic rings. The van der Waals surface area contributed by atoms with Gasteiger partial charge in [0.15, 0.2) is 0 Å². The SMILES string of the molecule is NC(=O)[C@@H](CCCc1ccccc1)NC(=O)[C@@H](Cc1ccccc1)NC(=O)OCc1ccccc1. The molecule has 182 valence electrons. The topological polar surface area (TPSA) is 111 Å². The molecule has 0 aliphatic heterocycles. The average molecular weight is 474 g/mol. The number of carbonyl (C=O) groups is 3. The van der Waals surface area contributed by atoms with Gasteiger partial charge in [-0.15, -0.1) is 0 Å². The second-order valence-electron chi connectivity index (χ2n) is 8.29. The number of hydrogen-bond donors (Lipinski definition) is 3. The van der Waals surface area contributed by atoms with Crippen LogP contribution < -0.4 is 16.4 Å². The third kappa shape index (κ3) is 8.97. The van der Waals surface area contributed by atoms with Crippen molar-refractivity contribution in [3.8, 4) is 0 Å². The molecular formula is C28H31N3O4. The Morgan fingerprint density at radius 1 is 0.714 bits per heavy atom. The summed E-state index contributed by atoms with van der Waals surface area (Å²) in [6.07, 6.45) is 1.35. The molecule has 0 aliphatic rings. The maximum atomic E-state index is 13.1. The Balaban J connectivity index is 1.61. The van der Waals surface area contributed by atoms with Crippen molar-refractivity contribution in [3.05, 3.63) is 108 Å². The zero-order valence-electron chi connectivity index (χ0n) is 19.6. The zero-order valence-corrected chi connectivity index (χ0v) is 19.6. The molecule has 0 fully saturated rings. The molecule has 0 bridgehead atoms. The largest absolute Gasteiger partial charge is 0.445 e. The molecule has 7 heteroatoms. The van der Waals surface area contributed by atoms with Crippen LogP contribution in [0.1, 0.15) is 29.5 Å². The first-order chi connectivity index (χ1) is 17.0. The smallest absolute Gasteiger partial charge is 0.408 e. The summed E-state index contributed by atoms with van der Waals surface area (Å²) >= 11 is 0. The van der Waals surface area contributed by atoms with Crippen molar-refractivity contribution >= 4 is 17.9 Å². The molecule has 3 rings (SSSR count). The Hall–Kier alpha value is -4.13. The van der Waals surface area contributed by atoms with Gasteiger partial charge in [0, 0.05) is 6.42 Å². The number of primary amides is 1. The zero-order chi connectivity index (χ0) is 24.9. The number of carbonyl (C=O) groups excluding carboxylic acids is 3. The fraction of sp³-hybridized carbons (Fsp3) is 0.250. The highest BCUT2D eigenvalue weighted by molar-refractivity contribution is 5.90. The lowest BCUT2D eigenvalue weighted by atomic mass is 10.0. The normalized spacial score (nSPS) is 12.2. The summed E-state index contributed by atoms with van der Waals surface area (Å²) in [5.74, 6) is -1.11. The summed E-state index contributed by atoms with van der Waals surface area (Å²) in [5, 5.41) is 5.35. The van der Waals surface area contributed by atoms with E-state index in [1.165, 1.54) is 0 Å². The maximum absolute atomic E-state index is 13.1. The van der Waals surface area contributed by atoms with Crippen LogP contribution in [0.3, 0.4) is 0 Å². The first-order valence-electron chi connectivity index (χ1n) is 11.7. The summed E-state index contributed by atoms with van der Waals surface area (Å²) < 4.78 is 5.29. The van der Waals surface area contributed by atoms with Crippen LogP contribution in [0.5, 0.6) is 0 Å². The molecule has 3 aromatic carbocycles. The molecular weight excluding hydrogens is 442 g/mol. The number of rotatable bonds is 12. The average Bonchev–Trinajstić information content (AvgIpc) is 2.88. The lowest BCUT2D eigenvalue weighted by Crippen LogP contribution is -2.53. The molecule has 4 N–H and O–H groups in total. The van der Waals surface area contributed by atoms with Gasteiger partial charge in [-0.05, 0) is 36.0 Å². The first-order valence-corrected chi connectivity index (χ1v) is 11.7. The Morgan fingerprint density at radius 3 is 1.83 bits per heavy atom. The lowest BCUT2D eigenvalue weighted by molar-refractivity contribution is -0.128. The summed E-state index contributed by atoms with van der Waals surface area (Å²) in [6, 6.07) is 26.7. The molecule has 0 aliphatic carbocycles. The Bertz CT molecular complexity index is 1080. The number of aryl methyl sites for hydroxylation is 1. The minimum absolute atomic E-state index is 0.0791. The van der Waals surface area contributed by atoms with Gasteiger partial charge in [-0.2, -0.15) is 0 Å². The maximum Gasteiger partial charge on any atom is 0.408 e. The fourth-order valence-electron chi connectivity index (χ4n) is 3.68. The van der Waals surface area contributed by atoms with E-state index in [1.54, 1.807) is 0 Å². The highest BCUT2D eigenvalue weighted by atomic mass is 16.5. The number of nitrogens with two attached hydrogens (primary N) is 1. The number of benzene rings is 3. The van der Waals surface area contributed by atoms with Gasteiger partial charge in [-0.3, -0.25) is 9.59 Å². The molecule has 0 heterocycles. The van der Waals surface area contributed by atoms with E-state index in [0.717, 1.165) is 23.1 Å². The second-order valence-corrected chi connectivity index (χ2v) is 8.29. The molecule has 0 saturated heterocycles. The van der Waals surface area contributed by atoms with E-state index in [9.17, 15) is 14.4 Å². The molecule has 0 radical (unpaired) electrons. The first kappa shape index (κ1) is 25.5. The van der Waals surface area contributed by atoms with Crippen LogP contribution in [0.2, 0.25) is 0 Å². The van der Waals surface area contributed by atoms with Gasteiger partial charge < -0.3 is 21.1 Å². The number of nitrogens with one attached hydrogen (secondary N) is 2. The van der Waals surface area contributed by atoms with E-state index in [0.29, 0.717) is 12.8 Å². The van der Waals surface area contributed by atoms with Gasteiger partial charge in [-0.25, -0.2) is 4.79 Å². The van der Waals surface area contributed by atoms with Crippen LogP contribution in [0.4, 0.5) is 4.79 Å². The van der Waals surface area contributed by atoms with Crippen molar-refractivity contribution in [3.63, 3.8) is 0 Å². The van der Waals surface area contributed by atoms with Crippen molar-refractivity contribution < 1.29 is 19.1 Å².